The quantitative estimate of drug-likeness (QED) is 0.158. The van der Waals surface area contributed by atoms with Crippen LogP contribution in [0.2, 0.25) is 0 Å². The maximum absolute atomic E-state index is 3.75. The Bertz CT molecular complexity index is 1660. The Balaban J connectivity index is 1.65. The monoisotopic (exact) mass is 576 g/mol. The fourth-order valence-electron chi connectivity index (χ4n) is 6.49. The topological polar surface area (TPSA) is 0 Å². The number of hydrogen-bond acceptors (Lipinski definition) is 0. The Hall–Kier alpha value is -3.82. The molecule has 224 valence electrons. The molecule has 0 amide bonds. The van der Waals surface area contributed by atoms with Crippen molar-refractivity contribution in [2.24, 2.45) is 0 Å². The van der Waals surface area contributed by atoms with Gasteiger partial charge in [0.15, 0.2) is 0 Å². The van der Waals surface area contributed by atoms with Gasteiger partial charge in [-0.05, 0) is 113 Å². The summed E-state index contributed by atoms with van der Waals surface area (Å²) in [6, 6.07) is 28.1. The molecule has 4 aromatic rings. The molecular formula is C44H48. The number of fused-ring (bicyclic) bond motifs is 6. The Kier molecular flexibility index (Phi) is 6.76. The largest absolute Gasteiger partial charge is 0.0603 e. The second-order valence-corrected chi connectivity index (χ2v) is 17.0. The zero-order valence-electron chi connectivity index (χ0n) is 28.9. The first-order valence-corrected chi connectivity index (χ1v) is 16.2. The van der Waals surface area contributed by atoms with Crippen molar-refractivity contribution in [3.8, 4) is 22.3 Å². The molecule has 0 fully saturated rings. The van der Waals surface area contributed by atoms with Crippen molar-refractivity contribution in [1.29, 1.82) is 0 Å². The van der Waals surface area contributed by atoms with E-state index in [0.29, 0.717) is 0 Å². The number of benzene rings is 4. The van der Waals surface area contributed by atoms with Crippen LogP contribution in [0.3, 0.4) is 0 Å². The summed E-state index contributed by atoms with van der Waals surface area (Å²) in [6.07, 6.45) is 0. The molecule has 2 aliphatic rings. The van der Waals surface area contributed by atoms with Crippen LogP contribution in [0, 0.1) is 0 Å². The first-order chi connectivity index (χ1) is 20.3. The van der Waals surface area contributed by atoms with E-state index in [9.17, 15) is 0 Å². The van der Waals surface area contributed by atoms with E-state index in [0.717, 1.165) is 11.1 Å². The highest BCUT2D eigenvalue weighted by molar-refractivity contribution is 6.04. The minimum Gasteiger partial charge on any atom is -0.0603 e. The minimum absolute atomic E-state index is 0.0796. The molecule has 0 atom stereocenters. The predicted octanol–water partition coefficient (Wildman–Crippen LogP) is 12.2. The molecular weight excluding hydrogens is 528 g/mol. The second-order valence-electron chi connectivity index (χ2n) is 17.0. The predicted molar refractivity (Wildman–Crippen MR) is 191 cm³/mol. The summed E-state index contributed by atoms with van der Waals surface area (Å²) in [7, 11) is 0. The maximum Gasteiger partial charge on any atom is 0.0406 e. The second kappa shape index (κ2) is 9.84. The molecule has 0 unspecified atom stereocenters. The van der Waals surface area contributed by atoms with Crippen LogP contribution in [-0.4, -0.2) is 0 Å². The molecule has 0 N–H and O–H groups in total. The van der Waals surface area contributed by atoms with Gasteiger partial charge in [-0.15, -0.1) is 0 Å². The van der Waals surface area contributed by atoms with E-state index in [2.05, 4.69) is 167 Å². The summed E-state index contributed by atoms with van der Waals surface area (Å²) < 4.78 is 0. The third kappa shape index (κ3) is 5.16. The molecule has 0 spiro atoms. The van der Waals surface area contributed by atoms with Gasteiger partial charge in [0.2, 0.25) is 0 Å². The summed E-state index contributed by atoms with van der Waals surface area (Å²) in [5, 5.41) is 0. The minimum atomic E-state index is 0.0796. The average molecular weight is 577 g/mol. The van der Waals surface area contributed by atoms with Crippen molar-refractivity contribution in [3.63, 3.8) is 0 Å². The van der Waals surface area contributed by atoms with Crippen LogP contribution in [0.25, 0.3) is 33.4 Å². The Morgan fingerprint density at radius 2 is 0.500 bits per heavy atom. The normalized spacial score (nSPS) is 14.1. The van der Waals surface area contributed by atoms with Crippen LogP contribution >= 0.6 is 0 Å². The lowest BCUT2D eigenvalue weighted by molar-refractivity contribution is 0.589. The lowest BCUT2D eigenvalue weighted by atomic mass is 9.83. The van der Waals surface area contributed by atoms with E-state index in [-0.39, 0.29) is 21.7 Å². The molecule has 44 heavy (non-hydrogen) atoms. The van der Waals surface area contributed by atoms with Crippen LogP contribution in [0.15, 0.2) is 84.3 Å². The fraction of sp³-hybridized carbons (Fsp3) is 0.364. The van der Waals surface area contributed by atoms with Gasteiger partial charge in [0, 0.05) is 11.1 Å². The zero-order chi connectivity index (χ0) is 32.0. The smallest absolute Gasteiger partial charge is 0.0406 e. The average Bonchev–Trinajstić information content (AvgIpc) is 3.40. The van der Waals surface area contributed by atoms with Gasteiger partial charge in [-0.3, -0.25) is 0 Å². The van der Waals surface area contributed by atoms with Gasteiger partial charge >= 0.3 is 0 Å². The number of hydrogen-bond donors (Lipinski definition) is 0. The molecule has 0 heterocycles. The summed E-state index contributed by atoms with van der Waals surface area (Å²) in [5.41, 5.74) is 25.7. The van der Waals surface area contributed by atoms with Gasteiger partial charge in [0.05, 0.1) is 0 Å². The van der Waals surface area contributed by atoms with Crippen LogP contribution in [-0.2, 0) is 21.7 Å². The highest BCUT2D eigenvalue weighted by Crippen LogP contribution is 2.49. The molecule has 0 bridgehead atoms. The Morgan fingerprint density at radius 1 is 0.295 bits per heavy atom. The van der Waals surface area contributed by atoms with Gasteiger partial charge in [-0.2, -0.15) is 0 Å². The zero-order valence-corrected chi connectivity index (χ0v) is 28.9. The highest BCUT2D eigenvalue weighted by atomic mass is 14.3. The van der Waals surface area contributed by atoms with Crippen molar-refractivity contribution >= 4 is 11.1 Å². The van der Waals surface area contributed by atoms with E-state index in [1.807, 2.05) is 0 Å². The van der Waals surface area contributed by atoms with E-state index in [1.54, 1.807) is 0 Å². The first kappa shape index (κ1) is 30.2. The summed E-state index contributed by atoms with van der Waals surface area (Å²) >= 11 is 0. The maximum atomic E-state index is 3.75. The molecule has 0 nitrogen and oxygen atoms in total. The van der Waals surface area contributed by atoms with Gasteiger partial charge < -0.3 is 0 Å². The van der Waals surface area contributed by atoms with Crippen molar-refractivity contribution in [2.45, 2.75) is 105 Å². The molecule has 4 aromatic carbocycles. The Morgan fingerprint density at radius 3 is 0.682 bits per heavy atom. The molecule has 0 saturated heterocycles. The first-order valence-electron chi connectivity index (χ1n) is 16.2. The fourth-order valence-corrected chi connectivity index (χ4v) is 6.49. The molecule has 0 aromatic heterocycles. The van der Waals surface area contributed by atoms with Crippen molar-refractivity contribution in [3.05, 3.63) is 129 Å². The third-order valence-corrected chi connectivity index (χ3v) is 9.51. The third-order valence-electron chi connectivity index (χ3n) is 9.51. The lowest BCUT2D eigenvalue weighted by Crippen LogP contribution is -2.11. The molecule has 0 saturated carbocycles. The van der Waals surface area contributed by atoms with Crippen LogP contribution in [0.1, 0.15) is 128 Å². The van der Waals surface area contributed by atoms with Crippen LogP contribution < -0.4 is 0 Å². The van der Waals surface area contributed by atoms with Gasteiger partial charge in [-0.1, -0.05) is 143 Å². The van der Waals surface area contributed by atoms with Gasteiger partial charge in [-0.25, -0.2) is 0 Å². The van der Waals surface area contributed by atoms with Gasteiger partial charge in [0.1, 0.15) is 0 Å². The standard InChI is InChI=1S/C44H48/c1-41(2,3)27-13-17-33-31(34-18-14-28(42(4,5)6)24-38(34)37(33)23-27)21-22-32-35-19-15-29(43(7,8)9)25-39(35)40-26-30(44(10,11)12)16-20-36(32)40/h13-20,23-26H,1-12H3. The molecule has 2 aliphatic carbocycles. The summed E-state index contributed by atoms with van der Waals surface area (Å²) in [6.45, 7) is 27.5. The van der Waals surface area contributed by atoms with Crippen LogP contribution in [0.4, 0.5) is 0 Å². The van der Waals surface area contributed by atoms with Crippen molar-refractivity contribution in [1.82, 2.24) is 0 Å². The molecule has 0 heteroatoms. The Labute approximate surface area is 266 Å². The summed E-state index contributed by atoms with van der Waals surface area (Å²) in [5.74, 6) is 0. The van der Waals surface area contributed by atoms with E-state index < -0.39 is 0 Å². The summed E-state index contributed by atoms with van der Waals surface area (Å²) in [4.78, 5) is 0. The number of rotatable bonds is 0. The molecule has 0 radical (unpaired) electrons. The lowest BCUT2D eigenvalue weighted by Gasteiger charge is -2.21. The van der Waals surface area contributed by atoms with Gasteiger partial charge in [0.25, 0.3) is 0 Å². The SMILES string of the molecule is CC(C)(C)c1ccc2c(c1)-c1cc(C(C)(C)C)ccc1C2=C=C=C1c2ccc(C(C)(C)C)cc2-c2cc(C(C)(C)C)ccc21. The molecule has 6 rings (SSSR count). The van der Waals surface area contributed by atoms with E-state index in [1.165, 1.54) is 66.8 Å². The van der Waals surface area contributed by atoms with E-state index >= 15 is 0 Å². The van der Waals surface area contributed by atoms with Crippen molar-refractivity contribution in [2.75, 3.05) is 0 Å². The highest BCUT2D eigenvalue weighted by Gasteiger charge is 2.30. The molecule has 0 aliphatic heterocycles. The van der Waals surface area contributed by atoms with Crippen molar-refractivity contribution < 1.29 is 0 Å². The van der Waals surface area contributed by atoms with E-state index in [4.69, 9.17) is 0 Å². The van der Waals surface area contributed by atoms with Crippen LogP contribution in [0.5, 0.6) is 0 Å².